The van der Waals surface area contributed by atoms with E-state index in [1.807, 2.05) is 29.5 Å². The zero-order valence-corrected chi connectivity index (χ0v) is 18.3. The fraction of sp³-hybridized carbons (Fsp3) is 0.364. The monoisotopic (exact) mass is 425 g/mol. The Bertz CT molecular complexity index is 896. The molecule has 4 rings (SSSR count). The Morgan fingerprint density at radius 3 is 2.69 bits per heavy atom. The van der Waals surface area contributed by atoms with Crippen molar-refractivity contribution in [2.75, 3.05) is 24.5 Å². The van der Waals surface area contributed by atoms with Crippen LogP contribution in [0.25, 0.3) is 11.3 Å². The second-order valence-corrected chi connectivity index (χ2v) is 8.91. The first-order valence-electron chi connectivity index (χ1n) is 10.1. The standard InChI is InChI=1S/C22H27N5S2/c1-2-23-22(25-18-10-12-27(13-11-18)21-9-6-14-28-21)24-15-20-26-19(16-29-20)17-7-4-3-5-8-17/h3-9,14,16,18H,2,10-13,15H2,1H3,(H2,23,24,25). The topological polar surface area (TPSA) is 52.6 Å². The molecule has 0 radical (unpaired) electrons. The maximum absolute atomic E-state index is 4.78. The van der Waals surface area contributed by atoms with Crippen LogP contribution >= 0.6 is 22.7 Å². The van der Waals surface area contributed by atoms with Crippen molar-refractivity contribution in [1.82, 2.24) is 15.6 Å². The maximum Gasteiger partial charge on any atom is 0.191 e. The number of piperidine rings is 1. The van der Waals surface area contributed by atoms with Gasteiger partial charge in [-0.25, -0.2) is 9.98 Å². The maximum atomic E-state index is 4.78. The average Bonchev–Trinajstić information content (AvgIpc) is 3.46. The third-order valence-electron chi connectivity index (χ3n) is 4.99. The number of aromatic nitrogens is 1. The van der Waals surface area contributed by atoms with Crippen molar-refractivity contribution >= 4 is 33.6 Å². The first-order chi connectivity index (χ1) is 14.3. The summed E-state index contributed by atoms with van der Waals surface area (Å²) in [5.74, 6) is 0.888. The van der Waals surface area contributed by atoms with Crippen molar-refractivity contribution in [2.45, 2.75) is 32.4 Å². The van der Waals surface area contributed by atoms with E-state index in [0.717, 1.165) is 54.7 Å². The van der Waals surface area contributed by atoms with Crippen LogP contribution in [0.5, 0.6) is 0 Å². The quantitative estimate of drug-likeness (QED) is 0.448. The van der Waals surface area contributed by atoms with Crippen LogP contribution in [0.1, 0.15) is 24.8 Å². The minimum atomic E-state index is 0.459. The molecule has 0 aliphatic carbocycles. The van der Waals surface area contributed by atoms with Gasteiger partial charge in [0.1, 0.15) is 5.01 Å². The molecule has 2 aromatic heterocycles. The summed E-state index contributed by atoms with van der Waals surface area (Å²) in [6, 6.07) is 15.1. The number of aliphatic imine (C=N–C) groups is 1. The molecule has 0 unspecified atom stereocenters. The van der Waals surface area contributed by atoms with Gasteiger partial charge < -0.3 is 15.5 Å². The summed E-state index contributed by atoms with van der Waals surface area (Å²) in [6.07, 6.45) is 2.25. The van der Waals surface area contributed by atoms with Crippen molar-refractivity contribution in [2.24, 2.45) is 4.99 Å². The predicted molar refractivity (Wildman–Crippen MR) is 125 cm³/mol. The number of anilines is 1. The molecule has 0 spiro atoms. The lowest BCUT2D eigenvalue weighted by molar-refractivity contribution is 0.463. The largest absolute Gasteiger partial charge is 0.363 e. The zero-order chi connectivity index (χ0) is 19.9. The molecule has 1 aromatic carbocycles. The van der Waals surface area contributed by atoms with Gasteiger partial charge in [0, 0.05) is 36.6 Å². The molecule has 0 atom stereocenters. The smallest absolute Gasteiger partial charge is 0.191 e. The van der Waals surface area contributed by atoms with E-state index in [-0.39, 0.29) is 0 Å². The van der Waals surface area contributed by atoms with Crippen LogP contribution in [0.3, 0.4) is 0 Å². The van der Waals surface area contributed by atoms with Gasteiger partial charge in [0.15, 0.2) is 5.96 Å². The number of benzene rings is 1. The summed E-state index contributed by atoms with van der Waals surface area (Å²) in [4.78, 5) is 12.0. The van der Waals surface area contributed by atoms with Crippen molar-refractivity contribution in [1.29, 1.82) is 0 Å². The van der Waals surface area contributed by atoms with Crippen molar-refractivity contribution in [3.8, 4) is 11.3 Å². The summed E-state index contributed by atoms with van der Waals surface area (Å²) in [5, 5.41) is 13.7. The highest BCUT2D eigenvalue weighted by molar-refractivity contribution is 7.14. The normalized spacial score (nSPS) is 15.5. The number of guanidine groups is 1. The lowest BCUT2D eigenvalue weighted by Crippen LogP contribution is -2.48. The molecule has 29 heavy (non-hydrogen) atoms. The second-order valence-electron chi connectivity index (χ2n) is 7.04. The number of rotatable bonds is 6. The number of thiophene rings is 1. The fourth-order valence-corrected chi connectivity index (χ4v) is 4.99. The van der Waals surface area contributed by atoms with E-state index in [2.05, 4.69) is 57.5 Å². The molecule has 0 saturated carbocycles. The molecule has 1 saturated heterocycles. The molecule has 0 bridgehead atoms. The third kappa shape index (κ3) is 5.36. The van der Waals surface area contributed by atoms with Gasteiger partial charge in [0.2, 0.25) is 0 Å². The molecule has 3 aromatic rings. The Morgan fingerprint density at radius 1 is 1.14 bits per heavy atom. The molecular formula is C22H27N5S2. The van der Waals surface area contributed by atoms with E-state index >= 15 is 0 Å². The van der Waals surface area contributed by atoms with E-state index < -0.39 is 0 Å². The summed E-state index contributed by atoms with van der Waals surface area (Å²) in [7, 11) is 0. The average molecular weight is 426 g/mol. The first-order valence-corrected chi connectivity index (χ1v) is 11.9. The molecule has 1 aliphatic rings. The van der Waals surface area contributed by atoms with E-state index in [9.17, 15) is 0 Å². The van der Waals surface area contributed by atoms with Gasteiger partial charge in [0.05, 0.1) is 17.2 Å². The van der Waals surface area contributed by atoms with E-state index in [0.29, 0.717) is 12.6 Å². The Balaban J connectivity index is 1.33. The van der Waals surface area contributed by atoms with Crippen LogP contribution < -0.4 is 15.5 Å². The third-order valence-corrected chi connectivity index (χ3v) is 6.75. The second kappa shape index (κ2) is 9.89. The van der Waals surface area contributed by atoms with Crippen LogP contribution in [0.15, 0.2) is 58.2 Å². The molecular weight excluding hydrogens is 398 g/mol. The number of nitrogens with zero attached hydrogens (tertiary/aromatic N) is 3. The fourth-order valence-electron chi connectivity index (χ4n) is 3.48. The summed E-state index contributed by atoms with van der Waals surface area (Å²) >= 11 is 3.49. The number of hydrogen-bond donors (Lipinski definition) is 2. The molecule has 1 fully saturated rings. The molecule has 152 valence electrons. The molecule has 7 heteroatoms. The van der Waals surface area contributed by atoms with E-state index in [1.165, 1.54) is 5.00 Å². The Hall–Kier alpha value is -2.38. The summed E-state index contributed by atoms with van der Waals surface area (Å²) in [5.41, 5.74) is 2.18. The van der Waals surface area contributed by atoms with Gasteiger partial charge in [-0.05, 0) is 37.3 Å². The van der Waals surface area contributed by atoms with Gasteiger partial charge in [-0.3, -0.25) is 0 Å². The highest BCUT2D eigenvalue weighted by atomic mass is 32.1. The van der Waals surface area contributed by atoms with Gasteiger partial charge >= 0.3 is 0 Å². The van der Waals surface area contributed by atoms with Crippen LogP contribution in [0, 0.1) is 0 Å². The molecule has 2 N–H and O–H groups in total. The number of hydrogen-bond acceptors (Lipinski definition) is 5. The highest BCUT2D eigenvalue weighted by Gasteiger charge is 2.20. The van der Waals surface area contributed by atoms with Crippen LogP contribution in [0.2, 0.25) is 0 Å². The van der Waals surface area contributed by atoms with Gasteiger partial charge in [0.25, 0.3) is 0 Å². The number of thiazole rings is 1. The molecule has 0 amide bonds. The Kier molecular flexibility index (Phi) is 6.79. The summed E-state index contributed by atoms with van der Waals surface area (Å²) in [6.45, 7) is 5.73. The Morgan fingerprint density at radius 2 is 1.97 bits per heavy atom. The zero-order valence-electron chi connectivity index (χ0n) is 16.7. The van der Waals surface area contributed by atoms with Gasteiger partial charge in [-0.15, -0.1) is 22.7 Å². The van der Waals surface area contributed by atoms with E-state index in [4.69, 9.17) is 9.98 Å². The molecule has 5 nitrogen and oxygen atoms in total. The summed E-state index contributed by atoms with van der Waals surface area (Å²) < 4.78 is 0. The minimum Gasteiger partial charge on any atom is -0.363 e. The van der Waals surface area contributed by atoms with Crippen LogP contribution in [0.4, 0.5) is 5.00 Å². The van der Waals surface area contributed by atoms with E-state index in [1.54, 1.807) is 11.3 Å². The lowest BCUT2D eigenvalue weighted by Gasteiger charge is -2.33. The number of nitrogens with one attached hydrogen (secondary N) is 2. The molecule has 1 aliphatic heterocycles. The first kappa shape index (κ1) is 19.9. The minimum absolute atomic E-state index is 0.459. The van der Waals surface area contributed by atoms with Gasteiger partial charge in [-0.2, -0.15) is 0 Å². The predicted octanol–water partition coefficient (Wildman–Crippen LogP) is 4.60. The van der Waals surface area contributed by atoms with Crippen LogP contribution in [-0.4, -0.2) is 36.6 Å². The lowest BCUT2D eigenvalue weighted by atomic mass is 10.1. The van der Waals surface area contributed by atoms with Crippen molar-refractivity contribution in [3.63, 3.8) is 0 Å². The SMILES string of the molecule is CCNC(=NCc1nc(-c2ccccc2)cs1)NC1CCN(c2cccs2)CC1. The molecule has 3 heterocycles. The van der Waals surface area contributed by atoms with Crippen molar-refractivity contribution in [3.05, 3.63) is 58.2 Å². The Labute approximate surface area is 180 Å². The van der Waals surface area contributed by atoms with Crippen LogP contribution in [-0.2, 0) is 6.54 Å². The van der Waals surface area contributed by atoms with Gasteiger partial charge in [-0.1, -0.05) is 30.3 Å². The van der Waals surface area contributed by atoms with Crippen molar-refractivity contribution < 1.29 is 0 Å². The highest BCUT2D eigenvalue weighted by Crippen LogP contribution is 2.25.